The lowest BCUT2D eigenvalue weighted by molar-refractivity contribution is 0.0622. The molecular formula is C15H24N2O3S. The summed E-state index contributed by atoms with van der Waals surface area (Å²) in [5.74, 6) is 0.508. The molecule has 1 atom stereocenters. The first-order chi connectivity index (χ1) is 9.93. The minimum Gasteiger partial charge on any atom is -0.381 e. The Morgan fingerprint density at radius 1 is 1.24 bits per heavy atom. The molecule has 5 nitrogen and oxygen atoms in total. The quantitative estimate of drug-likeness (QED) is 0.905. The summed E-state index contributed by atoms with van der Waals surface area (Å²) in [6.45, 7) is 3.68. The largest absolute Gasteiger partial charge is 0.381 e. The minimum absolute atomic E-state index is 0.215. The number of hydrogen-bond acceptors (Lipinski definition) is 4. The Bertz CT molecular complexity index is 566. The highest BCUT2D eigenvalue weighted by Crippen LogP contribution is 2.27. The van der Waals surface area contributed by atoms with Gasteiger partial charge in [-0.2, -0.15) is 0 Å². The summed E-state index contributed by atoms with van der Waals surface area (Å²) in [6, 6.07) is 7.29. The zero-order valence-electron chi connectivity index (χ0n) is 12.9. The van der Waals surface area contributed by atoms with Gasteiger partial charge in [-0.15, -0.1) is 0 Å². The maximum Gasteiger partial charge on any atom is 0.244 e. The molecule has 0 saturated carbocycles. The highest BCUT2D eigenvalue weighted by Gasteiger charge is 2.24. The number of nitrogens with zero attached hydrogens (tertiary/aromatic N) is 1. The molecule has 0 aliphatic carbocycles. The second-order valence-electron chi connectivity index (χ2n) is 5.67. The molecule has 1 aliphatic heterocycles. The molecular weight excluding hydrogens is 288 g/mol. The maximum absolute atomic E-state index is 12.4. The molecule has 1 aromatic rings. The summed E-state index contributed by atoms with van der Waals surface area (Å²) < 4.78 is 31.4. The summed E-state index contributed by atoms with van der Waals surface area (Å²) in [7, 11) is -0.339. The summed E-state index contributed by atoms with van der Waals surface area (Å²) in [5, 5.41) is 3.38. The SMILES string of the molecule is CC(Nc1ccccc1S(=O)(=O)N(C)C)C1CCOCC1. The van der Waals surface area contributed by atoms with E-state index in [0.717, 1.165) is 26.1 Å². The van der Waals surface area contributed by atoms with Crippen molar-refractivity contribution in [2.75, 3.05) is 32.6 Å². The number of anilines is 1. The monoisotopic (exact) mass is 312 g/mol. The van der Waals surface area contributed by atoms with Crippen molar-refractivity contribution in [2.24, 2.45) is 5.92 Å². The number of benzene rings is 1. The molecule has 1 aliphatic rings. The number of hydrogen-bond donors (Lipinski definition) is 1. The Morgan fingerprint density at radius 3 is 2.48 bits per heavy atom. The zero-order chi connectivity index (χ0) is 15.5. The Hall–Kier alpha value is -1.11. The first-order valence-corrected chi connectivity index (χ1v) is 8.73. The van der Waals surface area contributed by atoms with Crippen LogP contribution in [-0.4, -0.2) is 46.1 Å². The number of ether oxygens (including phenoxy) is 1. The summed E-state index contributed by atoms with van der Waals surface area (Å²) in [5.41, 5.74) is 0.671. The van der Waals surface area contributed by atoms with E-state index >= 15 is 0 Å². The van der Waals surface area contributed by atoms with Crippen LogP contribution in [-0.2, 0) is 14.8 Å². The molecule has 1 fully saturated rings. The fourth-order valence-corrected chi connectivity index (χ4v) is 3.64. The van der Waals surface area contributed by atoms with Crippen LogP contribution in [0.2, 0.25) is 0 Å². The third-order valence-electron chi connectivity index (χ3n) is 4.00. The second-order valence-corrected chi connectivity index (χ2v) is 7.79. The molecule has 0 bridgehead atoms. The summed E-state index contributed by atoms with van der Waals surface area (Å²) in [6.07, 6.45) is 2.02. The van der Waals surface area contributed by atoms with E-state index in [-0.39, 0.29) is 6.04 Å². The van der Waals surface area contributed by atoms with Crippen LogP contribution in [0.3, 0.4) is 0 Å². The van der Waals surface area contributed by atoms with Gasteiger partial charge in [0.05, 0.1) is 5.69 Å². The van der Waals surface area contributed by atoms with Gasteiger partial charge >= 0.3 is 0 Å². The summed E-state index contributed by atoms with van der Waals surface area (Å²) in [4.78, 5) is 0.328. The van der Waals surface area contributed by atoms with Crippen molar-refractivity contribution < 1.29 is 13.2 Å². The molecule has 1 saturated heterocycles. The van der Waals surface area contributed by atoms with E-state index < -0.39 is 10.0 Å². The van der Waals surface area contributed by atoms with Crippen molar-refractivity contribution in [3.8, 4) is 0 Å². The number of para-hydroxylation sites is 1. The van der Waals surface area contributed by atoms with Gasteiger partial charge in [-0.1, -0.05) is 12.1 Å². The lowest BCUT2D eigenvalue weighted by atomic mass is 9.93. The fourth-order valence-electron chi connectivity index (χ4n) is 2.59. The molecule has 6 heteroatoms. The Morgan fingerprint density at radius 2 is 1.86 bits per heavy atom. The van der Waals surface area contributed by atoms with Gasteiger partial charge < -0.3 is 10.1 Å². The van der Waals surface area contributed by atoms with Crippen LogP contribution in [0, 0.1) is 5.92 Å². The third kappa shape index (κ3) is 3.75. The molecule has 0 amide bonds. The summed E-state index contributed by atoms with van der Waals surface area (Å²) >= 11 is 0. The molecule has 2 rings (SSSR count). The number of rotatable bonds is 5. The van der Waals surface area contributed by atoms with Crippen LogP contribution < -0.4 is 5.32 Å². The molecule has 0 spiro atoms. The van der Waals surface area contributed by atoms with Gasteiger partial charge in [-0.3, -0.25) is 0 Å². The van der Waals surface area contributed by atoms with Crippen LogP contribution >= 0.6 is 0 Å². The molecule has 118 valence electrons. The van der Waals surface area contributed by atoms with Gasteiger partial charge in [-0.25, -0.2) is 12.7 Å². The first kappa shape index (κ1) is 16.3. The van der Waals surface area contributed by atoms with E-state index in [1.54, 1.807) is 26.2 Å². The minimum atomic E-state index is -3.44. The zero-order valence-corrected chi connectivity index (χ0v) is 13.7. The predicted molar refractivity (Wildman–Crippen MR) is 83.9 cm³/mol. The maximum atomic E-state index is 12.4. The molecule has 0 aromatic heterocycles. The standard InChI is InChI=1S/C15H24N2O3S/c1-12(13-8-10-20-11-9-13)16-14-6-4-5-7-15(14)21(18,19)17(2)3/h4-7,12-13,16H,8-11H2,1-3H3. The lowest BCUT2D eigenvalue weighted by Crippen LogP contribution is -2.32. The Kier molecular flexibility index (Phi) is 5.24. The van der Waals surface area contributed by atoms with Crippen molar-refractivity contribution in [1.29, 1.82) is 0 Å². The van der Waals surface area contributed by atoms with E-state index in [1.807, 2.05) is 12.1 Å². The molecule has 1 aromatic carbocycles. The molecule has 0 radical (unpaired) electrons. The highest BCUT2D eigenvalue weighted by molar-refractivity contribution is 7.89. The van der Waals surface area contributed by atoms with Crippen LogP contribution in [0.25, 0.3) is 0 Å². The highest BCUT2D eigenvalue weighted by atomic mass is 32.2. The smallest absolute Gasteiger partial charge is 0.244 e. The normalized spacial score (nSPS) is 18.7. The average molecular weight is 312 g/mol. The molecule has 21 heavy (non-hydrogen) atoms. The van der Waals surface area contributed by atoms with E-state index in [0.29, 0.717) is 16.5 Å². The van der Waals surface area contributed by atoms with Crippen LogP contribution in [0.1, 0.15) is 19.8 Å². The van der Waals surface area contributed by atoms with Crippen molar-refractivity contribution in [3.05, 3.63) is 24.3 Å². The first-order valence-electron chi connectivity index (χ1n) is 7.29. The number of nitrogens with one attached hydrogen (secondary N) is 1. The lowest BCUT2D eigenvalue weighted by Gasteiger charge is -2.29. The molecule has 1 heterocycles. The van der Waals surface area contributed by atoms with E-state index in [4.69, 9.17) is 4.74 Å². The predicted octanol–water partition coefficient (Wildman–Crippen LogP) is 2.16. The Balaban J connectivity index is 2.20. The molecule has 1 unspecified atom stereocenters. The van der Waals surface area contributed by atoms with E-state index in [1.165, 1.54) is 4.31 Å². The van der Waals surface area contributed by atoms with E-state index in [2.05, 4.69) is 12.2 Å². The van der Waals surface area contributed by atoms with Crippen LogP contribution in [0.5, 0.6) is 0 Å². The van der Waals surface area contributed by atoms with Gasteiger partial charge in [0.2, 0.25) is 10.0 Å². The van der Waals surface area contributed by atoms with Crippen molar-refractivity contribution >= 4 is 15.7 Å². The topological polar surface area (TPSA) is 58.6 Å². The van der Waals surface area contributed by atoms with Crippen LogP contribution in [0.15, 0.2) is 29.2 Å². The average Bonchev–Trinajstić information content (AvgIpc) is 2.48. The van der Waals surface area contributed by atoms with Crippen molar-refractivity contribution in [3.63, 3.8) is 0 Å². The second kappa shape index (κ2) is 6.77. The fraction of sp³-hybridized carbons (Fsp3) is 0.600. The van der Waals surface area contributed by atoms with Crippen LogP contribution in [0.4, 0.5) is 5.69 Å². The van der Waals surface area contributed by atoms with Gasteiger partial charge in [-0.05, 0) is 37.8 Å². The van der Waals surface area contributed by atoms with Crippen molar-refractivity contribution in [2.45, 2.75) is 30.7 Å². The van der Waals surface area contributed by atoms with Gasteiger partial charge in [0.25, 0.3) is 0 Å². The van der Waals surface area contributed by atoms with Gasteiger partial charge in [0.15, 0.2) is 0 Å². The number of sulfonamides is 1. The Labute approximate surface area is 127 Å². The third-order valence-corrected chi connectivity index (χ3v) is 5.88. The van der Waals surface area contributed by atoms with Crippen molar-refractivity contribution in [1.82, 2.24) is 4.31 Å². The van der Waals surface area contributed by atoms with E-state index in [9.17, 15) is 8.42 Å². The van der Waals surface area contributed by atoms with Gasteiger partial charge in [0.1, 0.15) is 4.90 Å². The molecule has 1 N–H and O–H groups in total. The van der Waals surface area contributed by atoms with Gasteiger partial charge in [0, 0.05) is 33.4 Å².